The number of nitrogens with zero attached hydrogens (tertiary/aromatic N) is 3. The lowest BCUT2D eigenvalue weighted by Crippen LogP contribution is -2.29. The first-order chi connectivity index (χ1) is 14.7. The summed E-state index contributed by atoms with van der Waals surface area (Å²) in [4.78, 5) is 24.3. The van der Waals surface area contributed by atoms with Crippen molar-refractivity contribution in [3.8, 4) is 16.9 Å². The quantitative estimate of drug-likeness (QED) is 0.623. The molecule has 0 atom stereocenters. The van der Waals surface area contributed by atoms with Gasteiger partial charge in [-0.25, -0.2) is 9.97 Å². The van der Waals surface area contributed by atoms with Gasteiger partial charge in [0.05, 0.1) is 12.7 Å². The number of hydrogen-bond donors (Lipinski definition) is 2. The van der Waals surface area contributed by atoms with Crippen LogP contribution in [0.4, 0.5) is 11.6 Å². The predicted octanol–water partition coefficient (Wildman–Crippen LogP) is 3.50. The van der Waals surface area contributed by atoms with E-state index in [1.807, 2.05) is 36.4 Å². The minimum Gasteiger partial charge on any atom is -0.497 e. The molecule has 0 aliphatic carbocycles. The van der Waals surface area contributed by atoms with Crippen LogP contribution in [0, 0.1) is 0 Å². The molecule has 1 aliphatic heterocycles. The molecule has 2 aromatic heterocycles. The molecule has 0 unspecified atom stereocenters. The van der Waals surface area contributed by atoms with Crippen LogP contribution < -0.4 is 20.7 Å². The van der Waals surface area contributed by atoms with E-state index in [0.29, 0.717) is 11.3 Å². The van der Waals surface area contributed by atoms with Gasteiger partial charge in [-0.15, -0.1) is 0 Å². The minimum absolute atomic E-state index is 0. The smallest absolute Gasteiger partial charge is 0.215 e. The fourth-order valence-electron chi connectivity index (χ4n) is 3.54. The van der Waals surface area contributed by atoms with E-state index in [1.165, 1.54) is 0 Å². The third kappa shape index (κ3) is 4.26. The van der Waals surface area contributed by atoms with Crippen molar-refractivity contribution in [2.75, 3.05) is 43.9 Å². The van der Waals surface area contributed by atoms with Crippen LogP contribution in [-0.2, 0) is 0 Å². The molecule has 30 heavy (non-hydrogen) atoms. The molecule has 1 fully saturated rings. The fraction of sp³-hybridized carbons (Fsp3) is 0.261. The molecule has 0 bridgehead atoms. The maximum absolute atomic E-state index is 13.2. The van der Waals surface area contributed by atoms with Gasteiger partial charge < -0.3 is 20.7 Å². The number of methoxy groups -OCH3 is 1. The fourth-order valence-corrected chi connectivity index (χ4v) is 3.54. The Morgan fingerprint density at radius 2 is 1.97 bits per heavy atom. The third-order valence-corrected chi connectivity index (χ3v) is 5.22. The van der Waals surface area contributed by atoms with E-state index >= 15 is 0 Å². The van der Waals surface area contributed by atoms with Crippen molar-refractivity contribution in [1.29, 1.82) is 0 Å². The maximum Gasteiger partial charge on any atom is 0.215 e. The lowest BCUT2D eigenvalue weighted by atomic mass is 10.0. The summed E-state index contributed by atoms with van der Waals surface area (Å²) in [5.74, 6) is 1.54. The number of nitrogens with one attached hydrogen (secondary N) is 1. The molecule has 160 valence electrons. The Morgan fingerprint density at radius 3 is 2.77 bits per heavy atom. The van der Waals surface area contributed by atoms with E-state index < -0.39 is 0 Å². The van der Waals surface area contributed by atoms with Crippen LogP contribution in [0.3, 0.4) is 0 Å². The highest BCUT2D eigenvalue weighted by Gasteiger charge is 2.18. The Morgan fingerprint density at radius 1 is 1.13 bits per heavy atom. The van der Waals surface area contributed by atoms with Gasteiger partial charge in [0, 0.05) is 35.7 Å². The molecule has 0 saturated carbocycles. The van der Waals surface area contributed by atoms with Crippen molar-refractivity contribution in [3.05, 3.63) is 66.0 Å². The topological polar surface area (TPSA) is 93.4 Å². The normalized spacial score (nSPS) is 14.2. The van der Waals surface area contributed by atoms with Gasteiger partial charge >= 0.3 is 0 Å². The zero-order chi connectivity index (χ0) is 20.9. The second kappa shape index (κ2) is 8.92. The summed E-state index contributed by atoms with van der Waals surface area (Å²) in [6, 6.07) is 14.9. The van der Waals surface area contributed by atoms with Gasteiger partial charge in [0.15, 0.2) is 0 Å². The van der Waals surface area contributed by atoms with Crippen molar-refractivity contribution in [1.82, 2.24) is 15.3 Å². The van der Waals surface area contributed by atoms with Crippen LogP contribution in [-0.4, -0.2) is 49.0 Å². The number of carbonyl (C=O) groups is 1. The van der Waals surface area contributed by atoms with Crippen molar-refractivity contribution >= 4 is 17.4 Å². The molecule has 1 saturated heterocycles. The molecule has 3 N–H and O–H groups in total. The molecular weight excluding hydrogens is 378 g/mol. The van der Waals surface area contributed by atoms with E-state index in [9.17, 15) is 4.79 Å². The van der Waals surface area contributed by atoms with E-state index in [4.69, 9.17) is 10.5 Å². The van der Waals surface area contributed by atoms with Crippen LogP contribution in [0.25, 0.3) is 11.1 Å². The minimum atomic E-state index is -0.231. The van der Waals surface area contributed by atoms with Crippen LogP contribution >= 0.6 is 0 Å². The summed E-state index contributed by atoms with van der Waals surface area (Å²) in [5.41, 5.74) is 8.51. The number of pyridine rings is 2. The number of carbonyl (C=O) groups excluding carboxylic acids is 1. The summed E-state index contributed by atoms with van der Waals surface area (Å²) in [6.45, 7) is 3.67. The lowest BCUT2D eigenvalue weighted by molar-refractivity contribution is 0.103. The average molecular weight is 410 g/mol. The van der Waals surface area contributed by atoms with Gasteiger partial charge in [0.2, 0.25) is 5.78 Å². The second-order valence-corrected chi connectivity index (χ2v) is 7.19. The molecule has 3 heterocycles. The Kier molecular flexibility index (Phi) is 5.90. The highest BCUT2D eigenvalue weighted by molar-refractivity contribution is 6.11. The van der Waals surface area contributed by atoms with Gasteiger partial charge in [-0.05, 0) is 48.9 Å². The molecule has 3 aromatic rings. The lowest BCUT2D eigenvalue weighted by Gasteiger charge is -2.21. The van der Waals surface area contributed by atoms with E-state index in [0.717, 1.165) is 55.3 Å². The first-order valence-electron chi connectivity index (χ1n) is 10.0. The van der Waals surface area contributed by atoms with Gasteiger partial charge in [-0.2, -0.15) is 0 Å². The molecular formula is C23H31N5O2. The number of ether oxygens (including phenoxy) is 1. The second-order valence-electron chi connectivity index (χ2n) is 7.19. The Bertz CT molecular complexity index is 1040. The van der Waals surface area contributed by atoms with Crippen molar-refractivity contribution < 1.29 is 13.8 Å². The van der Waals surface area contributed by atoms with Crippen LogP contribution in [0.15, 0.2) is 54.7 Å². The number of benzene rings is 1. The van der Waals surface area contributed by atoms with Crippen LogP contribution in [0.1, 0.15) is 26.8 Å². The van der Waals surface area contributed by atoms with Crippen LogP contribution in [0.2, 0.25) is 0 Å². The Labute approximate surface area is 180 Å². The van der Waals surface area contributed by atoms with E-state index in [1.54, 1.807) is 25.4 Å². The van der Waals surface area contributed by atoms with Gasteiger partial charge in [-0.1, -0.05) is 18.2 Å². The monoisotopic (exact) mass is 409 g/mol. The van der Waals surface area contributed by atoms with E-state index in [-0.39, 0.29) is 15.9 Å². The summed E-state index contributed by atoms with van der Waals surface area (Å²) in [7, 11) is 1.62. The molecule has 0 radical (unpaired) electrons. The number of nitrogen functional groups attached to an aromatic ring is 1. The first kappa shape index (κ1) is 19.8. The number of anilines is 2. The number of nitrogens with two attached hydrogens (primary N) is 1. The maximum atomic E-state index is 13.2. The molecule has 0 amide bonds. The van der Waals surface area contributed by atoms with Gasteiger partial charge in [0.1, 0.15) is 23.1 Å². The summed E-state index contributed by atoms with van der Waals surface area (Å²) >= 11 is 0. The molecule has 7 nitrogen and oxygen atoms in total. The molecule has 4 rings (SSSR count). The highest BCUT2D eigenvalue weighted by atomic mass is 16.5. The molecule has 1 aliphatic rings. The summed E-state index contributed by atoms with van der Waals surface area (Å²) < 4.78 is 5.21. The van der Waals surface area contributed by atoms with Gasteiger partial charge in [0.25, 0.3) is 0 Å². The Balaban J connectivity index is 0.00000181. The van der Waals surface area contributed by atoms with Crippen molar-refractivity contribution in [3.63, 3.8) is 0 Å². The zero-order valence-corrected chi connectivity index (χ0v) is 17.0. The molecule has 7 heteroatoms. The predicted molar refractivity (Wildman–Crippen MR) is 124 cm³/mol. The summed E-state index contributed by atoms with van der Waals surface area (Å²) in [5, 5.41) is 3.38. The number of rotatable bonds is 5. The van der Waals surface area contributed by atoms with Crippen molar-refractivity contribution in [2.24, 2.45) is 0 Å². The molecule has 0 spiro atoms. The van der Waals surface area contributed by atoms with Gasteiger partial charge in [-0.3, -0.25) is 4.79 Å². The zero-order valence-electron chi connectivity index (χ0n) is 17.0. The van der Waals surface area contributed by atoms with E-state index in [2.05, 4.69) is 20.2 Å². The number of aromatic nitrogens is 2. The third-order valence-electron chi connectivity index (χ3n) is 5.22. The number of ketones is 1. The van der Waals surface area contributed by atoms with Crippen molar-refractivity contribution in [2.45, 2.75) is 6.42 Å². The van der Waals surface area contributed by atoms with Crippen LogP contribution in [0.5, 0.6) is 5.75 Å². The largest absolute Gasteiger partial charge is 0.497 e. The highest BCUT2D eigenvalue weighted by Crippen LogP contribution is 2.26. The number of hydrogen-bond acceptors (Lipinski definition) is 7. The average Bonchev–Trinajstić information content (AvgIpc) is 3.09. The Hall–Kier alpha value is -3.45. The standard InChI is InChI=1S/C23H25N5O2.3H2/c1-30-18-8-6-16(7-9-18)17-14-19(23(24)26-15-17)22(29)20-4-2-5-21(27-20)28-12-3-10-25-11-13-28;;;/h2,4-9,14-15,25H,3,10-13H2,1H3,(H2,24,26);3*1H. The SMILES string of the molecule is COc1ccc(-c2cnc(N)c(C(=O)c3cccc(N4CCCNCC4)n3)c2)cc1.[HH].[HH].[HH]. The first-order valence-corrected chi connectivity index (χ1v) is 10.0. The summed E-state index contributed by atoms with van der Waals surface area (Å²) in [6.07, 6.45) is 2.71. The molecule has 1 aromatic carbocycles.